The number of nitrogens with one attached hydrogen (secondary N) is 1. The van der Waals surface area contributed by atoms with Gasteiger partial charge in [0.2, 0.25) is 0 Å². The predicted octanol–water partition coefficient (Wildman–Crippen LogP) is 8.44. The standard InChI is InChI=1S/C29H27N3O2S2/c1-5-34-29(33)25-23(20-8-6-18(4)7-9-20)15-36-28(25)32-26-24-22(14-35-27(24)31-16-30-26)21-12-10-19(11-13-21)17(2)3/h6-17H,5H2,1-4H3,(H,30,31,32). The molecule has 0 aliphatic carbocycles. The van der Waals surface area contributed by atoms with Crippen molar-refractivity contribution in [2.24, 2.45) is 0 Å². The fraction of sp³-hybridized carbons (Fsp3) is 0.207. The van der Waals surface area contributed by atoms with Crippen molar-refractivity contribution in [1.82, 2.24) is 9.97 Å². The van der Waals surface area contributed by atoms with Crippen LogP contribution in [-0.4, -0.2) is 22.5 Å². The molecule has 3 heterocycles. The molecule has 5 rings (SSSR count). The molecule has 0 aliphatic rings. The van der Waals surface area contributed by atoms with Gasteiger partial charge in [-0.3, -0.25) is 0 Å². The summed E-state index contributed by atoms with van der Waals surface area (Å²) in [6.07, 6.45) is 1.56. The fourth-order valence-corrected chi connectivity index (χ4v) is 6.01. The van der Waals surface area contributed by atoms with Gasteiger partial charge in [-0.2, -0.15) is 0 Å². The zero-order chi connectivity index (χ0) is 25.2. The highest BCUT2D eigenvalue weighted by atomic mass is 32.1. The molecule has 182 valence electrons. The number of ether oxygens (including phenoxy) is 1. The molecule has 0 saturated heterocycles. The summed E-state index contributed by atoms with van der Waals surface area (Å²) in [5.74, 6) is 0.797. The van der Waals surface area contributed by atoms with Gasteiger partial charge in [0.1, 0.15) is 27.5 Å². The highest BCUT2D eigenvalue weighted by Crippen LogP contribution is 2.41. The Balaban J connectivity index is 1.59. The van der Waals surface area contributed by atoms with Gasteiger partial charge in [0.15, 0.2) is 0 Å². The van der Waals surface area contributed by atoms with E-state index in [1.54, 1.807) is 17.7 Å². The Kier molecular flexibility index (Phi) is 6.85. The first-order valence-corrected chi connectivity index (χ1v) is 13.7. The number of fused-ring (bicyclic) bond motifs is 1. The summed E-state index contributed by atoms with van der Waals surface area (Å²) in [6.45, 7) is 8.56. The molecule has 0 atom stereocenters. The van der Waals surface area contributed by atoms with E-state index in [1.807, 2.05) is 43.5 Å². The molecule has 3 aromatic heterocycles. The Morgan fingerprint density at radius 2 is 1.61 bits per heavy atom. The van der Waals surface area contributed by atoms with Crippen molar-refractivity contribution in [3.8, 4) is 22.3 Å². The minimum absolute atomic E-state index is 0.306. The van der Waals surface area contributed by atoms with Crippen LogP contribution in [0.25, 0.3) is 32.5 Å². The van der Waals surface area contributed by atoms with Crippen molar-refractivity contribution >= 4 is 49.7 Å². The molecule has 0 radical (unpaired) electrons. The molecule has 0 bridgehead atoms. The summed E-state index contributed by atoms with van der Waals surface area (Å²) in [6, 6.07) is 16.8. The number of rotatable bonds is 7. The van der Waals surface area contributed by atoms with Crippen LogP contribution in [0.4, 0.5) is 10.8 Å². The highest BCUT2D eigenvalue weighted by Gasteiger charge is 2.23. The quantitative estimate of drug-likeness (QED) is 0.221. The number of thiophene rings is 2. The van der Waals surface area contributed by atoms with Crippen molar-refractivity contribution in [1.29, 1.82) is 0 Å². The lowest BCUT2D eigenvalue weighted by atomic mass is 9.99. The molecular formula is C29H27N3O2S2. The van der Waals surface area contributed by atoms with Gasteiger partial charge in [-0.1, -0.05) is 67.9 Å². The molecule has 5 nitrogen and oxygen atoms in total. The second kappa shape index (κ2) is 10.2. The second-order valence-corrected chi connectivity index (χ2v) is 10.6. The topological polar surface area (TPSA) is 64.1 Å². The Bertz CT molecular complexity index is 1520. The lowest BCUT2D eigenvalue weighted by Gasteiger charge is -2.11. The Labute approximate surface area is 218 Å². The summed E-state index contributed by atoms with van der Waals surface area (Å²) in [7, 11) is 0. The number of esters is 1. The summed E-state index contributed by atoms with van der Waals surface area (Å²) >= 11 is 3.06. The summed E-state index contributed by atoms with van der Waals surface area (Å²) in [5, 5.41) is 9.22. The van der Waals surface area contributed by atoms with Gasteiger partial charge < -0.3 is 10.1 Å². The zero-order valence-corrected chi connectivity index (χ0v) is 22.3. The van der Waals surface area contributed by atoms with Gasteiger partial charge in [0.25, 0.3) is 0 Å². The first kappa shape index (κ1) is 24.2. The van der Waals surface area contributed by atoms with Gasteiger partial charge in [-0.05, 0) is 36.5 Å². The minimum atomic E-state index is -0.350. The third-order valence-corrected chi connectivity index (χ3v) is 7.91. The maximum absolute atomic E-state index is 13.1. The molecule has 36 heavy (non-hydrogen) atoms. The van der Waals surface area contributed by atoms with E-state index in [0.29, 0.717) is 28.9 Å². The molecule has 2 aromatic carbocycles. The Morgan fingerprint density at radius 1 is 0.944 bits per heavy atom. The van der Waals surface area contributed by atoms with E-state index in [0.717, 1.165) is 32.5 Å². The van der Waals surface area contributed by atoms with Crippen molar-refractivity contribution in [2.45, 2.75) is 33.6 Å². The maximum atomic E-state index is 13.1. The maximum Gasteiger partial charge on any atom is 0.341 e. The largest absolute Gasteiger partial charge is 0.462 e. The van der Waals surface area contributed by atoms with Crippen molar-refractivity contribution in [2.75, 3.05) is 11.9 Å². The number of carbonyl (C=O) groups is 1. The molecule has 0 fully saturated rings. The lowest BCUT2D eigenvalue weighted by Crippen LogP contribution is -2.08. The first-order chi connectivity index (χ1) is 17.5. The van der Waals surface area contributed by atoms with Crippen molar-refractivity contribution in [3.63, 3.8) is 0 Å². The van der Waals surface area contributed by atoms with Crippen molar-refractivity contribution < 1.29 is 9.53 Å². The molecule has 0 aliphatic heterocycles. The molecule has 0 unspecified atom stereocenters. The minimum Gasteiger partial charge on any atom is -0.462 e. The number of benzene rings is 2. The van der Waals surface area contributed by atoms with Gasteiger partial charge >= 0.3 is 5.97 Å². The number of hydrogen-bond donors (Lipinski definition) is 1. The van der Waals surface area contributed by atoms with Gasteiger partial charge in [-0.15, -0.1) is 22.7 Å². The van der Waals surface area contributed by atoms with Gasteiger partial charge in [-0.25, -0.2) is 14.8 Å². The van der Waals surface area contributed by atoms with Crippen LogP contribution in [0.2, 0.25) is 0 Å². The molecule has 0 saturated carbocycles. The van der Waals surface area contributed by atoms with Gasteiger partial charge in [0, 0.05) is 21.9 Å². The third-order valence-electron chi connectivity index (χ3n) is 6.12. The number of hydrogen-bond acceptors (Lipinski definition) is 7. The van der Waals surface area contributed by atoms with E-state index < -0.39 is 0 Å². The molecule has 0 spiro atoms. The molecule has 5 aromatic rings. The van der Waals surface area contributed by atoms with Crippen LogP contribution in [0.1, 0.15) is 48.2 Å². The van der Waals surface area contributed by atoms with Crippen LogP contribution >= 0.6 is 22.7 Å². The molecular weight excluding hydrogens is 486 g/mol. The average molecular weight is 514 g/mol. The lowest BCUT2D eigenvalue weighted by molar-refractivity contribution is 0.0529. The van der Waals surface area contributed by atoms with Crippen molar-refractivity contribution in [3.05, 3.63) is 82.3 Å². The number of carbonyl (C=O) groups excluding carboxylic acids is 1. The highest BCUT2D eigenvalue weighted by molar-refractivity contribution is 7.17. The molecule has 1 N–H and O–H groups in total. The van der Waals surface area contributed by atoms with E-state index in [2.05, 4.69) is 58.8 Å². The monoisotopic (exact) mass is 513 g/mol. The SMILES string of the molecule is CCOC(=O)c1c(-c2ccc(C)cc2)csc1Nc1ncnc2scc(-c3ccc(C(C)C)cc3)c12. The van der Waals surface area contributed by atoms with Crippen LogP contribution in [0.5, 0.6) is 0 Å². The summed E-state index contributed by atoms with van der Waals surface area (Å²) in [4.78, 5) is 23.1. The second-order valence-electron chi connectivity index (χ2n) is 8.89. The number of aryl methyl sites for hydroxylation is 1. The fourth-order valence-electron chi connectivity index (χ4n) is 4.14. The molecule has 7 heteroatoms. The average Bonchev–Trinajstić information content (AvgIpc) is 3.50. The zero-order valence-electron chi connectivity index (χ0n) is 20.7. The van der Waals surface area contributed by atoms with Crippen LogP contribution in [0, 0.1) is 6.92 Å². The molecule has 0 amide bonds. The van der Waals surface area contributed by atoms with E-state index in [9.17, 15) is 4.79 Å². The smallest absolute Gasteiger partial charge is 0.341 e. The van der Waals surface area contributed by atoms with Gasteiger partial charge in [0.05, 0.1) is 12.0 Å². The number of nitrogens with zero attached hydrogens (tertiary/aromatic N) is 2. The van der Waals surface area contributed by atoms with Crippen LogP contribution in [-0.2, 0) is 4.74 Å². The van der Waals surface area contributed by atoms with Crippen LogP contribution < -0.4 is 5.32 Å². The van der Waals surface area contributed by atoms with Crippen LogP contribution in [0.3, 0.4) is 0 Å². The first-order valence-electron chi connectivity index (χ1n) is 11.9. The summed E-state index contributed by atoms with van der Waals surface area (Å²) in [5.41, 5.74) is 7.00. The predicted molar refractivity (Wildman–Crippen MR) is 151 cm³/mol. The normalized spacial score (nSPS) is 11.2. The van der Waals surface area contributed by atoms with E-state index in [4.69, 9.17) is 4.74 Å². The number of aromatic nitrogens is 2. The number of anilines is 2. The Hall–Kier alpha value is -3.55. The van der Waals surface area contributed by atoms with E-state index in [-0.39, 0.29) is 5.97 Å². The Morgan fingerprint density at radius 3 is 2.31 bits per heavy atom. The van der Waals surface area contributed by atoms with E-state index >= 15 is 0 Å². The summed E-state index contributed by atoms with van der Waals surface area (Å²) < 4.78 is 5.44. The third kappa shape index (κ3) is 4.64. The van der Waals surface area contributed by atoms with E-state index in [1.165, 1.54) is 22.5 Å². The van der Waals surface area contributed by atoms with Crippen LogP contribution in [0.15, 0.2) is 65.6 Å².